The Morgan fingerprint density at radius 3 is 2.88 bits per heavy atom. The molecule has 24 heavy (non-hydrogen) atoms. The molecule has 126 valence electrons. The molecule has 2 aromatic rings. The molecule has 1 unspecified atom stereocenters. The fraction of sp³-hybridized carbons (Fsp3) is 0.429. The first-order valence-corrected chi connectivity index (χ1v) is 7.27. The number of aryl methyl sites for hydroxylation is 1. The fourth-order valence-corrected chi connectivity index (χ4v) is 2.64. The van der Waals surface area contributed by atoms with Crippen molar-refractivity contribution in [2.45, 2.75) is 18.4 Å². The first-order valence-electron chi connectivity index (χ1n) is 7.27. The SMILES string of the molecule is Cn1cc(Nc2nc(N3CC(N)CC(F)(F)C3)cnc2C#N)cn1. The number of hydrogen-bond acceptors (Lipinski definition) is 7. The van der Waals surface area contributed by atoms with E-state index in [4.69, 9.17) is 11.0 Å². The van der Waals surface area contributed by atoms with E-state index in [0.717, 1.165) is 0 Å². The average molecular weight is 334 g/mol. The van der Waals surface area contributed by atoms with Gasteiger partial charge in [-0.2, -0.15) is 10.4 Å². The van der Waals surface area contributed by atoms with Crippen molar-refractivity contribution in [1.29, 1.82) is 5.26 Å². The van der Waals surface area contributed by atoms with Gasteiger partial charge in [0.25, 0.3) is 5.92 Å². The number of nitrogens with zero attached hydrogens (tertiary/aromatic N) is 6. The zero-order valence-corrected chi connectivity index (χ0v) is 12.9. The largest absolute Gasteiger partial charge is 0.348 e. The summed E-state index contributed by atoms with van der Waals surface area (Å²) in [6, 6.07) is 1.27. The number of hydrogen-bond donors (Lipinski definition) is 2. The Labute approximate surface area is 136 Å². The second-order valence-electron chi connectivity index (χ2n) is 5.77. The lowest BCUT2D eigenvalue weighted by atomic mass is 10.0. The minimum absolute atomic E-state index is 0.0654. The summed E-state index contributed by atoms with van der Waals surface area (Å²) in [5.74, 6) is -2.45. The van der Waals surface area contributed by atoms with E-state index < -0.39 is 18.5 Å². The summed E-state index contributed by atoms with van der Waals surface area (Å²) < 4.78 is 29.1. The molecule has 8 nitrogen and oxygen atoms in total. The first-order chi connectivity index (χ1) is 11.4. The monoisotopic (exact) mass is 334 g/mol. The number of nitrogens with two attached hydrogens (primary N) is 1. The summed E-state index contributed by atoms with van der Waals surface area (Å²) in [5.41, 5.74) is 6.39. The molecule has 3 rings (SSSR count). The van der Waals surface area contributed by atoms with E-state index in [9.17, 15) is 8.78 Å². The Morgan fingerprint density at radius 1 is 1.46 bits per heavy atom. The standard InChI is InChI=1S/C14H16F2N8/c1-23-7-10(4-20-23)21-13-11(3-17)19-5-12(22-13)24-6-9(18)2-14(15,16)8-24/h4-5,7,9H,2,6,8,18H2,1H3,(H,21,22). The molecule has 0 aliphatic carbocycles. The van der Waals surface area contributed by atoms with E-state index in [2.05, 4.69) is 20.4 Å². The van der Waals surface area contributed by atoms with Gasteiger partial charge in [0.05, 0.1) is 24.6 Å². The lowest BCUT2D eigenvalue weighted by Crippen LogP contribution is -2.52. The van der Waals surface area contributed by atoms with Gasteiger partial charge in [0.1, 0.15) is 11.9 Å². The van der Waals surface area contributed by atoms with Crippen LogP contribution in [0.5, 0.6) is 0 Å². The van der Waals surface area contributed by atoms with Gasteiger partial charge in [0, 0.05) is 32.3 Å². The van der Waals surface area contributed by atoms with Gasteiger partial charge in [-0.25, -0.2) is 18.7 Å². The lowest BCUT2D eigenvalue weighted by Gasteiger charge is -2.36. The highest BCUT2D eigenvalue weighted by atomic mass is 19.3. The molecule has 1 fully saturated rings. The number of halogens is 2. The Hall–Kier alpha value is -2.80. The molecule has 1 aliphatic heterocycles. The van der Waals surface area contributed by atoms with Crippen molar-refractivity contribution in [2.75, 3.05) is 23.3 Å². The van der Waals surface area contributed by atoms with Crippen molar-refractivity contribution < 1.29 is 8.78 Å². The van der Waals surface area contributed by atoms with Crippen LogP contribution in [0.3, 0.4) is 0 Å². The van der Waals surface area contributed by atoms with Crippen molar-refractivity contribution in [1.82, 2.24) is 19.7 Å². The van der Waals surface area contributed by atoms with Crippen LogP contribution in [0.1, 0.15) is 12.1 Å². The second-order valence-corrected chi connectivity index (χ2v) is 5.77. The van der Waals surface area contributed by atoms with E-state index in [0.29, 0.717) is 5.69 Å². The molecule has 2 aromatic heterocycles. The fourth-order valence-electron chi connectivity index (χ4n) is 2.64. The zero-order valence-electron chi connectivity index (χ0n) is 12.9. The molecule has 0 bridgehead atoms. The van der Waals surface area contributed by atoms with Crippen LogP contribution in [-0.2, 0) is 7.05 Å². The van der Waals surface area contributed by atoms with Gasteiger partial charge in [-0.05, 0) is 0 Å². The molecular weight excluding hydrogens is 318 g/mol. The normalized spacial score (nSPS) is 19.8. The zero-order chi connectivity index (χ0) is 17.3. The maximum absolute atomic E-state index is 13.7. The second kappa shape index (κ2) is 6.01. The molecule has 3 N–H and O–H groups in total. The van der Waals surface area contributed by atoms with E-state index in [1.165, 1.54) is 11.1 Å². The van der Waals surface area contributed by atoms with E-state index >= 15 is 0 Å². The third-order valence-corrected chi connectivity index (χ3v) is 3.60. The molecule has 10 heteroatoms. The Balaban J connectivity index is 1.90. The van der Waals surface area contributed by atoms with Crippen molar-refractivity contribution >= 4 is 17.3 Å². The predicted octanol–water partition coefficient (Wildman–Crippen LogP) is 0.998. The quantitative estimate of drug-likeness (QED) is 0.862. The highest BCUT2D eigenvalue weighted by Gasteiger charge is 2.39. The van der Waals surface area contributed by atoms with Gasteiger partial charge in [-0.3, -0.25) is 4.68 Å². The van der Waals surface area contributed by atoms with Crippen molar-refractivity contribution in [3.63, 3.8) is 0 Å². The molecule has 0 saturated carbocycles. The van der Waals surface area contributed by atoms with Crippen LogP contribution in [0.2, 0.25) is 0 Å². The molecule has 3 heterocycles. The highest BCUT2D eigenvalue weighted by molar-refractivity contribution is 5.61. The number of alkyl halides is 2. The summed E-state index contributed by atoms with van der Waals surface area (Å²) in [4.78, 5) is 9.67. The minimum atomic E-state index is -2.88. The number of piperidine rings is 1. The Morgan fingerprint density at radius 2 is 2.25 bits per heavy atom. The van der Waals surface area contributed by atoms with Crippen molar-refractivity contribution in [2.24, 2.45) is 12.8 Å². The molecule has 0 spiro atoms. The van der Waals surface area contributed by atoms with Gasteiger partial charge in [0.2, 0.25) is 0 Å². The summed E-state index contributed by atoms with van der Waals surface area (Å²) >= 11 is 0. The van der Waals surface area contributed by atoms with Crippen LogP contribution in [-0.4, -0.2) is 44.8 Å². The van der Waals surface area contributed by atoms with Crippen molar-refractivity contribution in [3.05, 3.63) is 24.3 Å². The van der Waals surface area contributed by atoms with Crippen LogP contribution in [0, 0.1) is 11.3 Å². The third-order valence-electron chi connectivity index (χ3n) is 3.60. The lowest BCUT2D eigenvalue weighted by molar-refractivity contribution is -0.0174. The maximum atomic E-state index is 13.7. The smallest absolute Gasteiger partial charge is 0.266 e. The number of anilines is 3. The van der Waals surface area contributed by atoms with Crippen molar-refractivity contribution in [3.8, 4) is 6.07 Å². The topological polar surface area (TPSA) is 109 Å². The summed E-state index contributed by atoms with van der Waals surface area (Å²) in [6.07, 6.45) is 4.20. The third kappa shape index (κ3) is 3.41. The van der Waals surface area contributed by atoms with E-state index in [-0.39, 0.29) is 30.3 Å². The Bertz CT molecular complexity index is 781. The molecule has 0 radical (unpaired) electrons. The number of nitriles is 1. The van der Waals surface area contributed by atoms with Crippen LogP contribution in [0.25, 0.3) is 0 Å². The summed E-state index contributed by atoms with van der Waals surface area (Å²) in [6.45, 7) is -0.226. The van der Waals surface area contributed by atoms with Crippen LogP contribution >= 0.6 is 0 Å². The van der Waals surface area contributed by atoms with Gasteiger partial charge in [0.15, 0.2) is 11.5 Å². The predicted molar refractivity (Wildman–Crippen MR) is 83.0 cm³/mol. The molecule has 1 atom stereocenters. The summed E-state index contributed by atoms with van der Waals surface area (Å²) in [5, 5.41) is 16.1. The van der Waals surface area contributed by atoms with E-state index in [1.54, 1.807) is 24.1 Å². The van der Waals surface area contributed by atoms with Crippen LogP contribution in [0.15, 0.2) is 18.6 Å². The summed E-state index contributed by atoms with van der Waals surface area (Å²) in [7, 11) is 1.75. The van der Waals surface area contributed by atoms with E-state index in [1.807, 2.05) is 6.07 Å². The van der Waals surface area contributed by atoms with Gasteiger partial charge < -0.3 is 16.0 Å². The average Bonchev–Trinajstić information content (AvgIpc) is 2.90. The van der Waals surface area contributed by atoms with Gasteiger partial charge in [-0.1, -0.05) is 0 Å². The van der Waals surface area contributed by atoms with Crippen LogP contribution < -0.4 is 16.0 Å². The number of aromatic nitrogens is 4. The number of nitrogens with one attached hydrogen (secondary N) is 1. The molecule has 0 aromatic carbocycles. The molecule has 1 saturated heterocycles. The maximum Gasteiger partial charge on any atom is 0.266 e. The molecule has 1 aliphatic rings. The van der Waals surface area contributed by atoms with Crippen LogP contribution in [0.4, 0.5) is 26.1 Å². The van der Waals surface area contributed by atoms with Gasteiger partial charge in [-0.15, -0.1) is 0 Å². The molecule has 0 amide bonds. The highest BCUT2D eigenvalue weighted by Crippen LogP contribution is 2.29. The first kappa shape index (κ1) is 16.1. The molecular formula is C14H16F2N8. The Kier molecular flexibility index (Phi) is 4.02. The minimum Gasteiger partial charge on any atom is -0.348 e. The van der Waals surface area contributed by atoms with Gasteiger partial charge >= 0.3 is 0 Å². The number of rotatable bonds is 3.